The number of aromatic nitrogens is 3. The lowest BCUT2D eigenvalue weighted by atomic mass is 9.90. The lowest BCUT2D eigenvalue weighted by Crippen LogP contribution is -2.30. The van der Waals surface area contributed by atoms with Crippen LogP contribution in [0.2, 0.25) is 0 Å². The second-order valence-electron chi connectivity index (χ2n) is 4.88. The standard InChI is InChI=1S/C13H16N4O/c1-16-8-4-10(5-9-16)11-2-7-15-17-12(18)3-6-14-13(11)17/h2-3,6-7,10H,4-5,8-9H2,1H3. The summed E-state index contributed by atoms with van der Waals surface area (Å²) in [5.41, 5.74) is 1.74. The summed E-state index contributed by atoms with van der Waals surface area (Å²) in [5.74, 6) is 0.480. The van der Waals surface area contributed by atoms with Gasteiger partial charge in [0, 0.05) is 24.0 Å². The van der Waals surface area contributed by atoms with Crippen molar-refractivity contribution in [2.24, 2.45) is 0 Å². The van der Waals surface area contributed by atoms with E-state index in [1.165, 1.54) is 10.6 Å². The molecule has 18 heavy (non-hydrogen) atoms. The van der Waals surface area contributed by atoms with Gasteiger partial charge in [-0.1, -0.05) is 0 Å². The summed E-state index contributed by atoms with van der Waals surface area (Å²) in [6.45, 7) is 2.19. The van der Waals surface area contributed by atoms with Crippen molar-refractivity contribution in [2.45, 2.75) is 18.8 Å². The first kappa shape index (κ1) is 11.3. The van der Waals surface area contributed by atoms with Crippen molar-refractivity contribution in [1.82, 2.24) is 19.5 Å². The zero-order valence-electron chi connectivity index (χ0n) is 10.4. The maximum atomic E-state index is 11.7. The van der Waals surface area contributed by atoms with Crippen molar-refractivity contribution in [3.63, 3.8) is 0 Å². The Balaban J connectivity index is 2.07. The van der Waals surface area contributed by atoms with Crippen molar-refractivity contribution in [3.8, 4) is 0 Å². The largest absolute Gasteiger partial charge is 0.306 e. The van der Waals surface area contributed by atoms with E-state index in [1.807, 2.05) is 6.07 Å². The highest BCUT2D eigenvalue weighted by Crippen LogP contribution is 2.28. The first-order valence-electron chi connectivity index (χ1n) is 6.27. The smallest absolute Gasteiger partial charge is 0.274 e. The van der Waals surface area contributed by atoms with Crippen molar-refractivity contribution >= 4 is 5.65 Å². The highest BCUT2D eigenvalue weighted by atomic mass is 16.1. The Morgan fingerprint density at radius 2 is 2.00 bits per heavy atom. The van der Waals surface area contributed by atoms with Crippen molar-refractivity contribution in [3.05, 3.63) is 40.4 Å². The lowest BCUT2D eigenvalue weighted by molar-refractivity contribution is 0.255. The van der Waals surface area contributed by atoms with E-state index in [-0.39, 0.29) is 5.56 Å². The van der Waals surface area contributed by atoms with Crippen LogP contribution in [0.4, 0.5) is 0 Å². The Kier molecular flexibility index (Phi) is 2.83. The van der Waals surface area contributed by atoms with Crippen LogP contribution in [-0.2, 0) is 0 Å². The van der Waals surface area contributed by atoms with Gasteiger partial charge < -0.3 is 4.90 Å². The third-order valence-electron chi connectivity index (χ3n) is 3.68. The van der Waals surface area contributed by atoms with Crippen molar-refractivity contribution in [2.75, 3.05) is 20.1 Å². The van der Waals surface area contributed by atoms with Gasteiger partial charge >= 0.3 is 0 Å². The Bertz CT molecular complexity index is 614. The van der Waals surface area contributed by atoms with Gasteiger partial charge in [0.2, 0.25) is 0 Å². The Morgan fingerprint density at radius 3 is 2.78 bits per heavy atom. The molecule has 3 rings (SSSR count). The van der Waals surface area contributed by atoms with Crippen LogP contribution in [0, 0.1) is 0 Å². The molecule has 0 saturated carbocycles. The van der Waals surface area contributed by atoms with Gasteiger partial charge in [0.1, 0.15) is 0 Å². The number of piperidine rings is 1. The van der Waals surface area contributed by atoms with Gasteiger partial charge in [-0.25, -0.2) is 4.98 Å². The van der Waals surface area contributed by atoms with E-state index in [1.54, 1.807) is 12.4 Å². The molecule has 2 aromatic heterocycles. The molecule has 0 aliphatic carbocycles. The van der Waals surface area contributed by atoms with Crippen LogP contribution < -0.4 is 5.56 Å². The highest BCUT2D eigenvalue weighted by Gasteiger charge is 2.21. The normalized spacial score (nSPS) is 18.3. The average Bonchev–Trinajstić information content (AvgIpc) is 2.40. The fourth-order valence-electron chi connectivity index (χ4n) is 2.60. The molecule has 0 radical (unpaired) electrons. The summed E-state index contributed by atoms with van der Waals surface area (Å²) < 4.78 is 1.40. The summed E-state index contributed by atoms with van der Waals surface area (Å²) in [5, 5.41) is 4.08. The van der Waals surface area contributed by atoms with Gasteiger partial charge in [0.25, 0.3) is 5.56 Å². The molecule has 0 bridgehead atoms. The molecule has 0 N–H and O–H groups in total. The minimum atomic E-state index is -0.116. The molecule has 1 fully saturated rings. The molecule has 0 aromatic carbocycles. The molecule has 1 aliphatic rings. The summed E-state index contributed by atoms with van der Waals surface area (Å²) in [7, 11) is 2.14. The number of nitrogens with zero attached hydrogens (tertiary/aromatic N) is 4. The quantitative estimate of drug-likeness (QED) is 0.748. The second kappa shape index (κ2) is 4.49. The third-order valence-corrected chi connectivity index (χ3v) is 3.68. The van der Waals surface area contributed by atoms with Crippen LogP contribution in [0.15, 0.2) is 29.3 Å². The Morgan fingerprint density at radius 1 is 1.22 bits per heavy atom. The van der Waals surface area contributed by atoms with Gasteiger partial charge in [0.05, 0.1) is 0 Å². The molecule has 2 aromatic rings. The van der Waals surface area contributed by atoms with E-state index in [4.69, 9.17) is 0 Å². The predicted molar refractivity (Wildman–Crippen MR) is 68.7 cm³/mol. The summed E-state index contributed by atoms with van der Waals surface area (Å²) in [6.07, 6.45) is 5.49. The molecule has 0 amide bonds. The molecule has 0 unspecified atom stereocenters. The molecule has 1 saturated heterocycles. The molecule has 94 valence electrons. The number of hydrogen-bond donors (Lipinski definition) is 0. The maximum Gasteiger partial charge on any atom is 0.274 e. The van der Waals surface area contributed by atoms with E-state index in [2.05, 4.69) is 22.0 Å². The van der Waals surface area contributed by atoms with E-state index >= 15 is 0 Å². The van der Waals surface area contributed by atoms with Crippen LogP contribution in [-0.4, -0.2) is 39.6 Å². The minimum absolute atomic E-state index is 0.116. The van der Waals surface area contributed by atoms with Crippen LogP contribution in [0.5, 0.6) is 0 Å². The van der Waals surface area contributed by atoms with Crippen LogP contribution in [0.25, 0.3) is 5.65 Å². The summed E-state index contributed by atoms with van der Waals surface area (Å²) >= 11 is 0. The number of hydrogen-bond acceptors (Lipinski definition) is 4. The van der Waals surface area contributed by atoms with Gasteiger partial charge in [-0.05, 0) is 45.0 Å². The SMILES string of the molecule is CN1CCC(c2ccnn3c(=O)ccnc23)CC1. The monoisotopic (exact) mass is 244 g/mol. The third kappa shape index (κ3) is 1.90. The maximum absolute atomic E-state index is 11.7. The zero-order valence-corrected chi connectivity index (χ0v) is 10.4. The number of rotatable bonds is 1. The fraction of sp³-hybridized carbons (Fsp3) is 0.462. The molecular formula is C13H16N4O. The van der Waals surface area contributed by atoms with E-state index < -0.39 is 0 Å². The Labute approximate surface area is 105 Å². The van der Waals surface area contributed by atoms with E-state index in [9.17, 15) is 4.79 Å². The second-order valence-corrected chi connectivity index (χ2v) is 4.88. The highest BCUT2D eigenvalue weighted by molar-refractivity contribution is 5.47. The predicted octanol–water partition coefficient (Wildman–Crippen LogP) is 0.899. The average molecular weight is 244 g/mol. The van der Waals surface area contributed by atoms with Gasteiger partial charge in [-0.2, -0.15) is 9.61 Å². The summed E-state index contributed by atoms with van der Waals surface area (Å²) in [6, 6.07) is 3.44. The van der Waals surface area contributed by atoms with Gasteiger partial charge in [-0.15, -0.1) is 0 Å². The number of fused-ring (bicyclic) bond motifs is 1. The molecule has 5 heteroatoms. The molecule has 5 nitrogen and oxygen atoms in total. The fourth-order valence-corrected chi connectivity index (χ4v) is 2.60. The van der Waals surface area contributed by atoms with Crippen LogP contribution in [0.1, 0.15) is 24.3 Å². The topological polar surface area (TPSA) is 50.5 Å². The first-order valence-corrected chi connectivity index (χ1v) is 6.27. The van der Waals surface area contributed by atoms with Crippen molar-refractivity contribution < 1.29 is 0 Å². The zero-order chi connectivity index (χ0) is 12.5. The number of likely N-dealkylation sites (tertiary alicyclic amines) is 1. The molecule has 3 heterocycles. The first-order chi connectivity index (χ1) is 8.75. The van der Waals surface area contributed by atoms with Gasteiger partial charge in [0.15, 0.2) is 5.65 Å². The lowest BCUT2D eigenvalue weighted by Gasteiger charge is -2.29. The molecule has 0 spiro atoms. The molecule has 1 aliphatic heterocycles. The van der Waals surface area contributed by atoms with E-state index in [0.717, 1.165) is 31.5 Å². The van der Waals surface area contributed by atoms with Crippen LogP contribution >= 0.6 is 0 Å². The molecular weight excluding hydrogens is 228 g/mol. The Hall–Kier alpha value is -1.75. The van der Waals surface area contributed by atoms with Crippen LogP contribution in [0.3, 0.4) is 0 Å². The van der Waals surface area contributed by atoms with Gasteiger partial charge in [-0.3, -0.25) is 4.79 Å². The van der Waals surface area contributed by atoms with E-state index in [0.29, 0.717) is 11.6 Å². The minimum Gasteiger partial charge on any atom is -0.306 e. The molecule has 0 atom stereocenters. The van der Waals surface area contributed by atoms with Crippen molar-refractivity contribution in [1.29, 1.82) is 0 Å². The summed E-state index contributed by atoms with van der Waals surface area (Å²) in [4.78, 5) is 18.4.